The van der Waals surface area contributed by atoms with E-state index in [1.165, 1.54) is 0 Å². The Balaban J connectivity index is 2.04. The number of carboxylic acid groups (broad SMARTS) is 1. The smallest absolute Gasteiger partial charge is 0.307 e. The molecule has 0 radical (unpaired) electrons. The van der Waals surface area contributed by atoms with Crippen molar-refractivity contribution in [3.8, 4) is 0 Å². The van der Waals surface area contributed by atoms with Crippen molar-refractivity contribution in [1.82, 2.24) is 5.32 Å². The third kappa shape index (κ3) is 2.87. The number of aliphatic hydroxyl groups excluding tert-OH is 1. The van der Waals surface area contributed by atoms with Crippen molar-refractivity contribution < 1.29 is 19.8 Å². The van der Waals surface area contributed by atoms with Gasteiger partial charge >= 0.3 is 5.97 Å². The van der Waals surface area contributed by atoms with E-state index in [9.17, 15) is 19.8 Å². The largest absolute Gasteiger partial charge is 0.481 e. The fraction of sp³-hybridized carbons (Fsp3) is 0.733. The first-order valence-electron chi connectivity index (χ1n) is 7.26. The Morgan fingerprint density at radius 1 is 1.25 bits per heavy atom. The van der Waals surface area contributed by atoms with Crippen LogP contribution in [0, 0.1) is 29.6 Å². The number of fused-ring (bicyclic) bond motifs is 2. The molecule has 2 bridgehead atoms. The van der Waals surface area contributed by atoms with Crippen LogP contribution in [-0.2, 0) is 9.59 Å². The van der Waals surface area contributed by atoms with Gasteiger partial charge in [-0.3, -0.25) is 9.59 Å². The van der Waals surface area contributed by atoms with Gasteiger partial charge in [0.15, 0.2) is 0 Å². The van der Waals surface area contributed by atoms with Crippen molar-refractivity contribution in [3.05, 3.63) is 12.2 Å². The minimum absolute atomic E-state index is 0.0223. The number of nitrogens with one attached hydrogen (secondary N) is 1. The van der Waals surface area contributed by atoms with Crippen LogP contribution < -0.4 is 5.32 Å². The summed E-state index contributed by atoms with van der Waals surface area (Å²) in [5.74, 6) is -1.87. The first kappa shape index (κ1) is 15.0. The molecule has 20 heavy (non-hydrogen) atoms. The number of aliphatic hydroxyl groups is 1. The number of aliphatic carboxylic acids is 1. The van der Waals surface area contributed by atoms with Crippen LogP contribution in [0.4, 0.5) is 0 Å². The minimum atomic E-state index is -0.897. The predicted molar refractivity (Wildman–Crippen MR) is 73.8 cm³/mol. The number of amides is 1. The van der Waals surface area contributed by atoms with E-state index in [1.807, 2.05) is 26.0 Å². The van der Waals surface area contributed by atoms with E-state index < -0.39 is 17.8 Å². The first-order chi connectivity index (χ1) is 9.43. The Bertz CT molecular complexity index is 418. The fourth-order valence-electron chi connectivity index (χ4n) is 3.56. The maximum Gasteiger partial charge on any atom is 0.307 e. The first-order valence-corrected chi connectivity index (χ1v) is 7.26. The number of rotatable bonds is 6. The zero-order valence-corrected chi connectivity index (χ0v) is 12.0. The lowest BCUT2D eigenvalue weighted by Crippen LogP contribution is -2.46. The van der Waals surface area contributed by atoms with Gasteiger partial charge in [-0.15, -0.1) is 0 Å². The molecular weight excluding hydrogens is 258 g/mol. The van der Waals surface area contributed by atoms with Gasteiger partial charge in [0.25, 0.3) is 0 Å². The van der Waals surface area contributed by atoms with Gasteiger partial charge in [-0.25, -0.2) is 0 Å². The lowest BCUT2D eigenvalue weighted by Gasteiger charge is -2.26. The number of carboxylic acids is 1. The molecule has 2 rings (SSSR count). The Hall–Kier alpha value is -1.36. The third-order valence-electron chi connectivity index (χ3n) is 4.37. The highest BCUT2D eigenvalue weighted by atomic mass is 16.4. The molecule has 0 aliphatic heterocycles. The second-order valence-corrected chi connectivity index (χ2v) is 6.36. The zero-order valence-electron chi connectivity index (χ0n) is 12.0. The second-order valence-electron chi connectivity index (χ2n) is 6.36. The van der Waals surface area contributed by atoms with Crippen LogP contribution in [0.5, 0.6) is 0 Å². The van der Waals surface area contributed by atoms with E-state index in [0.29, 0.717) is 12.3 Å². The van der Waals surface area contributed by atoms with Gasteiger partial charge < -0.3 is 15.5 Å². The SMILES string of the molecule is CC(C)CC(CO)NC(=O)C1C2C=CC(C2)C1C(=O)O. The van der Waals surface area contributed by atoms with Crippen LogP contribution in [0.2, 0.25) is 0 Å². The predicted octanol–water partition coefficient (Wildman–Crippen LogP) is 1.03. The quantitative estimate of drug-likeness (QED) is 0.635. The maximum absolute atomic E-state index is 12.4. The minimum Gasteiger partial charge on any atom is -0.481 e. The Labute approximate surface area is 119 Å². The van der Waals surface area contributed by atoms with E-state index in [-0.39, 0.29) is 30.4 Å². The van der Waals surface area contributed by atoms with Gasteiger partial charge in [0.1, 0.15) is 0 Å². The van der Waals surface area contributed by atoms with Gasteiger partial charge in [-0.2, -0.15) is 0 Å². The van der Waals surface area contributed by atoms with Gasteiger partial charge in [0.05, 0.1) is 24.5 Å². The van der Waals surface area contributed by atoms with Crippen molar-refractivity contribution in [2.75, 3.05) is 6.61 Å². The number of hydrogen-bond donors (Lipinski definition) is 3. The van der Waals surface area contributed by atoms with Gasteiger partial charge in [-0.1, -0.05) is 26.0 Å². The average Bonchev–Trinajstić information content (AvgIpc) is 2.96. The lowest BCUT2D eigenvalue weighted by molar-refractivity contribution is -0.148. The number of carbonyl (C=O) groups is 2. The summed E-state index contributed by atoms with van der Waals surface area (Å²) >= 11 is 0. The standard InChI is InChI=1S/C15H23NO4/c1-8(2)5-11(7-17)16-14(18)12-9-3-4-10(6-9)13(12)15(19)20/h3-4,8-13,17H,5-7H2,1-2H3,(H,16,18)(H,19,20). The average molecular weight is 281 g/mol. The summed E-state index contributed by atoms with van der Waals surface area (Å²) in [6, 6.07) is -0.292. The van der Waals surface area contributed by atoms with Crippen LogP contribution in [0.25, 0.3) is 0 Å². The molecular formula is C15H23NO4. The molecule has 1 amide bonds. The monoisotopic (exact) mass is 281 g/mol. The maximum atomic E-state index is 12.4. The van der Waals surface area contributed by atoms with Crippen molar-refractivity contribution >= 4 is 11.9 Å². The molecule has 2 aliphatic carbocycles. The second kappa shape index (κ2) is 5.95. The van der Waals surface area contributed by atoms with Gasteiger partial charge in [-0.05, 0) is 30.6 Å². The third-order valence-corrected chi connectivity index (χ3v) is 4.37. The fourth-order valence-corrected chi connectivity index (χ4v) is 3.56. The molecule has 5 nitrogen and oxygen atoms in total. The molecule has 5 atom stereocenters. The Morgan fingerprint density at radius 3 is 2.35 bits per heavy atom. The summed E-state index contributed by atoms with van der Waals surface area (Å²) in [5.41, 5.74) is 0. The summed E-state index contributed by atoms with van der Waals surface area (Å²) in [6.07, 6.45) is 5.33. The highest BCUT2D eigenvalue weighted by Gasteiger charge is 2.51. The highest BCUT2D eigenvalue weighted by molar-refractivity contribution is 5.87. The number of carbonyl (C=O) groups excluding carboxylic acids is 1. The molecule has 112 valence electrons. The summed E-state index contributed by atoms with van der Waals surface area (Å²) in [4.78, 5) is 23.8. The molecule has 0 heterocycles. The molecule has 0 spiro atoms. The Kier molecular flexibility index (Phi) is 4.48. The lowest BCUT2D eigenvalue weighted by atomic mass is 9.82. The van der Waals surface area contributed by atoms with Crippen molar-refractivity contribution in [3.63, 3.8) is 0 Å². The van der Waals surface area contributed by atoms with E-state index in [2.05, 4.69) is 5.32 Å². The van der Waals surface area contributed by atoms with Crippen LogP contribution in [0.15, 0.2) is 12.2 Å². The Morgan fingerprint density at radius 2 is 1.85 bits per heavy atom. The van der Waals surface area contributed by atoms with E-state index >= 15 is 0 Å². The van der Waals surface area contributed by atoms with Crippen molar-refractivity contribution in [2.24, 2.45) is 29.6 Å². The van der Waals surface area contributed by atoms with Crippen LogP contribution in [0.1, 0.15) is 26.7 Å². The summed E-state index contributed by atoms with van der Waals surface area (Å²) < 4.78 is 0. The topological polar surface area (TPSA) is 86.6 Å². The molecule has 0 aromatic rings. The molecule has 2 aliphatic rings. The van der Waals surface area contributed by atoms with Crippen LogP contribution in [-0.4, -0.2) is 34.7 Å². The van der Waals surface area contributed by atoms with Gasteiger partial charge in [0.2, 0.25) is 5.91 Å². The zero-order chi connectivity index (χ0) is 14.9. The summed E-state index contributed by atoms with van der Waals surface area (Å²) in [6.45, 7) is 3.93. The van der Waals surface area contributed by atoms with Crippen molar-refractivity contribution in [1.29, 1.82) is 0 Å². The molecule has 5 unspecified atom stereocenters. The normalized spacial score (nSPS) is 32.6. The molecule has 0 saturated heterocycles. The molecule has 0 aromatic carbocycles. The number of allylic oxidation sites excluding steroid dienone is 2. The van der Waals surface area contributed by atoms with Crippen LogP contribution >= 0.6 is 0 Å². The molecule has 3 N–H and O–H groups in total. The number of hydrogen-bond acceptors (Lipinski definition) is 3. The molecule has 5 heteroatoms. The van der Waals surface area contributed by atoms with Crippen LogP contribution in [0.3, 0.4) is 0 Å². The van der Waals surface area contributed by atoms with E-state index in [4.69, 9.17) is 0 Å². The molecule has 0 aromatic heterocycles. The summed E-state index contributed by atoms with van der Waals surface area (Å²) in [7, 11) is 0. The van der Waals surface area contributed by atoms with Gasteiger partial charge in [0, 0.05) is 0 Å². The summed E-state index contributed by atoms with van der Waals surface area (Å²) in [5, 5.41) is 21.5. The molecule has 1 saturated carbocycles. The van der Waals surface area contributed by atoms with E-state index in [0.717, 1.165) is 6.42 Å². The molecule has 1 fully saturated rings. The van der Waals surface area contributed by atoms with E-state index in [1.54, 1.807) is 0 Å². The highest BCUT2D eigenvalue weighted by Crippen LogP contribution is 2.48. The van der Waals surface area contributed by atoms with Crippen molar-refractivity contribution in [2.45, 2.75) is 32.7 Å².